The van der Waals surface area contributed by atoms with Gasteiger partial charge in [-0.05, 0) is 68.3 Å². The predicted molar refractivity (Wildman–Crippen MR) is 143 cm³/mol. The maximum Gasteiger partial charge on any atom is 0.225 e. The molecule has 0 radical (unpaired) electrons. The standard InChI is InChI=1S/C28H37ClN4O4/c1-22-18-24(6-7-25(22)29)36-21-28(19-27(35)32-14-12-31(2)13-15-32)20-33(16-17-37-28)26(34)5-3-4-23-8-10-30-11-9-23/h6-11,18H,3-5,12-17,19-21H2,1-2H3. The van der Waals surface area contributed by atoms with Crippen molar-refractivity contribution in [2.75, 3.05) is 59.5 Å². The van der Waals surface area contributed by atoms with Crippen molar-refractivity contribution in [1.29, 1.82) is 0 Å². The van der Waals surface area contributed by atoms with E-state index < -0.39 is 5.60 Å². The molecule has 8 nitrogen and oxygen atoms in total. The Labute approximate surface area is 224 Å². The number of ether oxygens (including phenoxy) is 2. The molecule has 9 heteroatoms. The number of morpholine rings is 1. The van der Waals surface area contributed by atoms with Crippen LogP contribution in [0.25, 0.3) is 0 Å². The highest BCUT2D eigenvalue weighted by molar-refractivity contribution is 6.31. The van der Waals surface area contributed by atoms with Gasteiger partial charge >= 0.3 is 0 Å². The van der Waals surface area contributed by atoms with Crippen molar-refractivity contribution in [3.05, 3.63) is 58.9 Å². The molecule has 4 rings (SSSR count). The lowest BCUT2D eigenvalue weighted by Crippen LogP contribution is -2.59. The molecular weight excluding hydrogens is 492 g/mol. The van der Waals surface area contributed by atoms with Crippen molar-refractivity contribution in [1.82, 2.24) is 19.7 Å². The van der Waals surface area contributed by atoms with Crippen LogP contribution in [0.5, 0.6) is 5.75 Å². The average molecular weight is 529 g/mol. The summed E-state index contributed by atoms with van der Waals surface area (Å²) in [5, 5.41) is 0.671. The van der Waals surface area contributed by atoms with Crippen molar-refractivity contribution in [2.24, 2.45) is 0 Å². The Balaban J connectivity index is 1.42. The topological polar surface area (TPSA) is 75.2 Å². The highest BCUT2D eigenvalue weighted by Gasteiger charge is 2.42. The van der Waals surface area contributed by atoms with E-state index in [4.69, 9.17) is 21.1 Å². The number of pyridine rings is 1. The van der Waals surface area contributed by atoms with E-state index in [1.165, 1.54) is 5.56 Å². The van der Waals surface area contributed by atoms with Crippen LogP contribution in [0.15, 0.2) is 42.7 Å². The number of carbonyl (C=O) groups excluding carboxylic acids is 2. The SMILES string of the molecule is Cc1cc(OCC2(CC(=O)N3CCN(C)CC3)CN(C(=O)CCCc3ccncc3)CCO2)ccc1Cl. The number of benzene rings is 1. The fraction of sp³-hybridized carbons (Fsp3) is 0.536. The van der Waals surface area contributed by atoms with Crippen LogP contribution in [-0.4, -0.2) is 96.6 Å². The zero-order valence-electron chi connectivity index (χ0n) is 21.8. The normalized spacial score (nSPS) is 20.6. The quantitative estimate of drug-likeness (QED) is 0.497. The van der Waals surface area contributed by atoms with E-state index in [-0.39, 0.29) is 24.8 Å². The summed E-state index contributed by atoms with van der Waals surface area (Å²) in [6, 6.07) is 9.45. The Morgan fingerprint density at radius 3 is 2.54 bits per heavy atom. The van der Waals surface area contributed by atoms with Crippen LogP contribution in [-0.2, 0) is 20.7 Å². The van der Waals surface area contributed by atoms with Gasteiger partial charge in [0, 0.05) is 56.6 Å². The second-order valence-corrected chi connectivity index (χ2v) is 10.5. The number of aromatic nitrogens is 1. The summed E-state index contributed by atoms with van der Waals surface area (Å²) in [4.78, 5) is 36.5. The number of hydrogen-bond donors (Lipinski definition) is 0. The van der Waals surface area contributed by atoms with Gasteiger partial charge in [-0.1, -0.05) is 11.6 Å². The first-order valence-electron chi connectivity index (χ1n) is 13.0. The van der Waals surface area contributed by atoms with Crippen molar-refractivity contribution in [3.8, 4) is 5.75 Å². The van der Waals surface area contributed by atoms with Crippen LogP contribution >= 0.6 is 11.6 Å². The third-order valence-corrected chi connectivity index (χ3v) is 7.59. The lowest BCUT2D eigenvalue weighted by molar-refractivity contribution is -0.166. The predicted octanol–water partition coefficient (Wildman–Crippen LogP) is 3.21. The summed E-state index contributed by atoms with van der Waals surface area (Å²) in [5.41, 5.74) is 1.17. The second kappa shape index (κ2) is 12.7. The lowest BCUT2D eigenvalue weighted by Gasteiger charge is -2.43. The van der Waals surface area contributed by atoms with Gasteiger partial charge < -0.3 is 24.2 Å². The van der Waals surface area contributed by atoms with Crippen LogP contribution in [0.2, 0.25) is 5.02 Å². The van der Waals surface area contributed by atoms with Gasteiger partial charge in [0.15, 0.2) is 0 Å². The number of aryl methyl sites for hydroxylation is 2. The van der Waals surface area contributed by atoms with Gasteiger partial charge in [-0.25, -0.2) is 0 Å². The molecule has 2 aromatic rings. The minimum Gasteiger partial charge on any atom is -0.490 e. The molecule has 1 unspecified atom stereocenters. The van der Waals surface area contributed by atoms with Crippen molar-refractivity contribution in [2.45, 2.75) is 38.2 Å². The van der Waals surface area contributed by atoms with Gasteiger partial charge in [0.1, 0.15) is 18.0 Å². The summed E-state index contributed by atoms with van der Waals surface area (Å²) in [6.45, 7) is 6.39. The van der Waals surface area contributed by atoms with E-state index in [9.17, 15) is 9.59 Å². The van der Waals surface area contributed by atoms with Crippen LogP contribution in [0.1, 0.15) is 30.4 Å². The smallest absolute Gasteiger partial charge is 0.225 e. The molecule has 2 amide bonds. The third-order valence-electron chi connectivity index (χ3n) is 7.17. The summed E-state index contributed by atoms with van der Waals surface area (Å²) in [5.74, 6) is 0.782. The van der Waals surface area contributed by atoms with Gasteiger partial charge in [0.05, 0.1) is 19.6 Å². The molecule has 2 saturated heterocycles. The molecule has 0 N–H and O–H groups in total. The number of nitrogens with zero attached hydrogens (tertiary/aromatic N) is 4. The van der Waals surface area contributed by atoms with E-state index in [1.807, 2.05) is 41.0 Å². The van der Waals surface area contributed by atoms with E-state index in [0.717, 1.165) is 31.5 Å². The number of hydrogen-bond acceptors (Lipinski definition) is 6. The first-order valence-corrected chi connectivity index (χ1v) is 13.4. The number of carbonyl (C=O) groups is 2. The maximum absolute atomic E-state index is 13.3. The molecule has 1 atom stereocenters. The molecular formula is C28H37ClN4O4. The monoisotopic (exact) mass is 528 g/mol. The van der Waals surface area contributed by atoms with E-state index in [2.05, 4.69) is 16.9 Å². The Bertz CT molecular complexity index is 1060. The van der Waals surface area contributed by atoms with Gasteiger partial charge in [-0.3, -0.25) is 14.6 Å². The zero-order valence-corrected chi connectivity index (χ0v) is 22.6. The molecule has 1 aromatic heterocycles. The molecule has 1 aromatic carbocycles. The summed E-state index contributed by atoms with van der Waals surface area (Å²) in [7, 11) is 2.06. The molecule has 0 saturated carbocycles. The summed E-state index contributed by atoms with van der Waals surface area (Å²) >= 11 is 6.18. The zero-order chi connectivity index (χ0) is 26.3. The second-order valence-electron chi connectivity index (χ2n) is 10.1. The molecule has 37 heavy (non-hydrogen) atoms. The van der Waals surface area contributed by atoms with Crippen molar-refractivity contribution < 1.29 is 19.1 Å². The molecule has 3 heterocycles. The minimum absolute atomic E-state index is 0.0379. The molecule has 2 aliphatic heterocycles. The molecule has 2 aliphatic rings. The first-order chi connectivity index (χ1) is 17.8. The molecule has 0 spiro atoms. The van der Waals surface area contributed by atoms with Crippen LogP contribution in [0.4, 0.5) is 0 Å². The lowest BCUT2D eigenvalue weighted by atomic mass is 9.96. The first kappa shape index (κ1) is 27.4. The number of halogens is 1. The molecule has 0 aliphatic carbocycles. The number of rotatable bonds is 9. The van der Waals surface area contributed by atoms with Crippen molar-refractivity contribution in [3.63, 3.8) is 0 Å². The molecule has 0 bridgehead atoms. The molecule has 200 valence electrons. The highest BCUT2D eigenvalue weighted by Crippen LogP contribution is 2.28. The Hall–Kier alpha value is -2.68. The number of piperazine rings is 1. The van der Waals surface area contributed by atoms with Gasteiger partial charge in [0.2, 0.25) is 11.8 Å². The fourth-order valence-corrected chi connectivity index (χ4v) is 4.94. The van der Waals surface area contributed by atoms with Crippen molar-refractivity contribution >= 4 is 23.4 Å². The van der Waals surface area contributed by atoms with Gasteiger partial charge in [0.25, 0.3) is 0 Å². The van der Waals surface area contributed by atoms with E-state index in [0.29, 0.717) is 50.0 Å². The Kier molecular flexibility index (Phi) is 9.40. The van der Waals surface area contributed by atoms with Gasteiger partial charge in [-0.2, -0.15) is 0 Å². The average Bonchev–Trinajstić information content (AvgIpc) is 2.90. The van der Waals surface area contributed by atoms with Gasteiger partial charge in [-0.15, -0.1) is 0 Å². The Morgan fingerprint density at radius 2 is 1.81 bits per heavy atom. The molecule has 2 fully saturated rings. The summed E-state index contributed by atoms with van der Waals surface area (Å²) in [6.07, 6.45) is 5.74. The number of likely N-dealkylation sites (N-methyl/N-ethyl adjacent to an activating group) is 1. The van der Waals surface area contributed by atoms with E-state index >= 15 is 0 Å². The Morgan fingerprint density at radius 1 is 1.05 bits per heavy atom. The number of amides is 2. The summed E-state index contributed by atoms with van der Waals surface area (Å²) < 4.78 is 12.4. The fourth-order valence-electron chi connectivity index (χ4n) is 4.82. The minimum atomic E-state index is -0.910. The van der Waals surface area contributed by atoms with E-state index in [1.54, 1.807) is 18.5 Å². The third kappa shape index (κ3) is 7.66. The largest absolute Gasteiger partial charge is 0.490 e. The van der Waals surface area contributed by atoms with Crippen LogP contribution in [0, 0.1) is 6.92 Å². The maximum atomic E-state index is 13.3. The van der Waals surface area contributed by atoms with Crippen LogP contribution in [0.3, 0.4) is 0 Å². The highest BCUT2D eigenvalue weighted by atomic mass is 35.5. The van der Waals surface area contributed by atoms with Crippen LogP contribution < -0.4 is 4.74 Å².